The van der Waals surface area contributed by atoms with Crippen molar-refractivity contribution in [3.05, 3.63) is 36.5 Å². The van der Waals surface area contributed by atoms with Crippen LogP contribution < -0.4 is 5.32 Å². The fraction of sp³-hybridized carbons (Fsp3) is 0.883. The quantitative estimate of drug-likeness (QED) is 0.0204. The third-order valence-corrected chi connectivity index (χ3v) is 14.8. The number of amides is 1. The van der Waals surface area contributed by atoms with Crippen LogP contribution in [0.15, 0.2) is 36.5 Å². The zero-order valence-electron chi connectivity index (χ0n) is 46.6. The summed E-state index contributed by atoms with van der Waals surface area (Å²) in [5.74, 6) is -0.253. The molecule has 2 saturated heterocycles. The van der Waals surface area contributed by atoms with E-state index in [1.807, 2.05) is 6.08 Å². The summed E-state index contributed by atoms with van der Waals surface area (Å²) in [6, 6.07) is -0.921. The summed E-state index contributed by atoms with van der Waals surface area (Å²) in [6.07, 6.45) is 39.1. The average molecular weight is 1050 g/mol. The van der Waals surface area contributed by atoms with Crippen LogP contribution in [0.25, 0.3) is 0 Å². The molecule has 0 saturated carbocycles. The molecule has 2 heterocycles. The van der Waals surface area contributed by atoms with Gasteiger partial charge in [-0.15, -0.1) is 0 Å². The number of aliphatic hydroxyl groups is 8. The van der Waals surface area contributed by atoms with Crippen molar-refractivity contribution in [2.24, 2.45) is 0 Å². The zero-order chi connectivity index (χ0) is 53.9. The molecule has 74 heavy (non-hydrogen) atoms. The van der Waals surface area contributed by atoms with Crippen LogP contribution in [0, 0.1) is 0 Å². The standard InChI is InChI=1S/C60H111NO13/c1-3-5-7-9-11-13-15-17-18-19-20-21-22-23-24-25-26-27-28-29-30-32-33-35-37-39-41-43-49(64)48(61-52(65)44-42-40-38-36-34-31-16-14-12-10-8-6-4-2)47-71-59-57(70)55(68)58(51(46-63)73-59)74-60-56(69)54(67)53(66)50(45-62)72-60/h8,10,14,16,41,43,48-51,53-60,62-64,66-70H,3-7,9,11-13,15,17-40,42,44-47H2,1-2H3,(H,61,65)/b10-8-,16-14-,43-41+. The highest BCUT2D eigenvalue weighted by molar-refractivity contribution is 5.76. The second kappa shape index (κ2) is 46.2. The minimum absolute atomic E-state index is 0.253. The van der Waals surface area contributed by atoms with Gasteiger partial charge >= 0.3 is 0 Å². The highest BCUT2D eigenvalue weighted by Gasteiger charge is 2.51. The number of carbonyl (C=O) groups is 1. The van der Waals surface area contributed by atoms with Gasteiger partial charge < -0.3 is 65.1 Å². The van der Waals surface area contributed by atoms with E-state index in [0.29, 0.717) is 6.42 Å². The Morgan fingerprint density at radius 2 is 0.919 bits per heavy atom. The van der Waals surface area contributed by atoms with Crippen LogP contribution in [0.5, 0.6) is 0 Å². The van der Waals surface area contributed by atoms with E-state index in [0.717, 1.165) is 70.6 Å². The second-order valence-corrected chi connectivity index (χ2v) is 21.5. The largest absolute Gasteiger partial charge is 0.394 e. The molecule has 0 aromatic heterocycles. The lowest BCUT2D eigenvalue weighted by molar-refractivity contribution is -0.359. The third kappa shape index (κ3) is 31.6. The third-order valence-electron chi connectivity index (χ3n) is 14.8. The molecule has 14 heteroatoms. The van der Waals surface area contributed by atoms with E-state index in [-0.39, 0.29) is 18.9 Å². The van der Waals surface area contributed by atoms with Crippen LogP contribution >= 0.6 is 0 Å². The number of ether oxygens (including phenoxy) is 4. The number of aliphatic hydroxyl groups excluding tert-OH is 8. The molecule has 0 radical (unpaired) electrons. The van der Waals surface area contributed by atoms with Gasteiger partial charge in [0.25, 0.3) is 0 Å². The van der Waals surface area contributed by atoms with Crippen molar-refractivity contribution < 1.29 is 64.6 Å². The zero-order valence-corrected chi connectivity index (χ0v) is 46.6. The summed E-state index contributed by atoms with van der Waals surface area (Å²) >= 11 is 0. The van der Waals surface area contributed by atoms with Crippen LogP contribution in [0.3, 0.4) is 0 Å². The first kappa shape index (κ1) is 68.3. The molecule has 12 atom stereocenters. The summed E-state index contributed by atoms with van der Waals surface area (Å²) in [6.45, 7) is 2.73. The van der Waals surface area contributed by atoms with Crippen molar-refractivity contribution in [1.82, 2.24) is 5.32 Å². The highest BCUT2D eigenvalue weighted by atomic mass is 16.7. The molecule has 9 N–H and O–H groups in total. The van der Waals surface area contributed by atoms with Crippen molar-refractivity contribution >= 4 is 5.91 Å². The molecule has 2 fully saturated rings. The molecule has 0 spiro atoms. The predicted molar refractivity (Wildman–Crippen MR) is 295 cm³/mol. The summed E-state index contributed by atoms with van der Waals surface area (Å²) in [4.78, 5) is 13.2. The Morgan fingerprint density at radius 3 is 1.41 bits per heavy atom. The van der Waals surface area contributed by atoms with Gasteiger partial charge in [-0.1, -0.05) is 230 Å². The molecule has 2 aliphatic heterocycles. The summed E-state index contributed by atoms with van der Waals surface area (Å²) in [5, 5.41) is 87.0. The Labute approximate surface area is 449 Å². The number of carbonyl (C=O) groups excluding carboxylic acids is 1. The van der Waals surface area contributed by atoms with Crippen molar-refractivity contribution in [1.29, 1.82) is 0 Å². The Bertz CT molecular complexity index is 1380. The Morgan fingerprint density at radius 1 is 0.486 bits per heavy atom. The normalized spacial score (nSPS) is 25.4. The van der Waals surface area contributed by atoms with Crippen molar-refractivity contribution in [2.45, 2.75) is 319 Å². The smallest absolute Gasteiger partial charge is 0.220 e. The summed E-state index contributed by atoms with van der Waals surface area (Å²) < 4.78 is 22.7. The second-order valence-electron chi connectivity index (χ2n) is 21.5. The molecule has 14 nitrogen and oxygen atoms in total. The molecule has 12 unspecified atom stereocenters. The summed E-state index contributed by atoms with van der Waals surface area (Å²) in [7, 11) is 0. The number of hydrogen-bond donors (Lipinski definition) is 9. The monoisotopic (exact) mass is 1050 g/mol. The van der Waals surface area contributed by atoms with Gasteiger partial charge in [0.05, 0.1) is 32.0 Å². The van der Waals surface area contributed by atoms with E-state index in [2.05, 4.69) is 43.5 Å². The topological polar surface area (TPSA) is 228 Å². The lowest BCUT2D eigenvalue weighted by Gasteiger charge is -2.46. The van der Waals surface area contributed by atoms with E-state index >= 15 is 0 Å². The molecule has 0 aromatic rings. The van der Waals surface area contributed by atoms with E-state index in [4.69, 9.17) is 18.9 Å². The maximum absolute atomic E-state index is 13.2. The number of nitrogens with one attached hydrogen (secondary N) is 1. The fourth-order valence-corrected chi connectivity index (χ4v) is 9.92. The highest BCUT2D eigenvalue weighted by Crippen LogP contribution is 2.30. The molecule has 2 aliphatic rings. The molecule has 0 bridgehead atoms. The van der Waals surface area contributed by atoms with Crippen molar-refractivity contribution in [2.75, 3.05) is 19.8 Å². The molecule has 2 rings (SSSR count). The van der Waals surface area contributed by atoms with Gasteiger partial charge in [0, 0.05) is 6.42 Å². The first-order chi connectivity index (χ1) is 36.1. The van der Waals surface area contributed by atoms with Gasteiger partial charge in [-0.25, -0.2) is 0 Å². The maximum Gasteiger partial charge on any atom is 0.220 e. The fourth-order valence-electron chi connectivity index (χ4n) is 9.92. The van der Waals surface area contributed by atoms with Crippen LogP contribution in [0.4, 0.5) is 0 Å². The molecule has 0 aromatic carbocycles. The Hall–Kier alpha value is -1.79. The van der Waals surface area contributed by atoms with Gasteiger partial charge in [0.1, 0.15) is 48.8 Å². The van der Waals surface area contributed by atoms with Gasteiger partial charge in [-0.2, -0.15) is 0 Å². The maximum atomic E-state index is 13.2. The van der Waals surface area contributed by atoms with Crippen molar-refractivity contribution in [3.63, 3.8) is 0 Å². The SMILES string of the molecule is CCC/C=C\C/C=C\CCCCCCCC(=O)NC(COC1OC(CO)C(OC2OC(CO)C(O)C(O)C2O)C(O)C1O)C(O)/C=C/CCCCCCCCCCCCCCCCCCCCCCCCCCC. The first-order valence-corrected chi connectivity index (χ1v) is 30.2. The number of unbranched alkanes of at least 4 members (excludes halogenated alkanes) is 31. The van der Waals surface area contributed by atoms with Crippen LogP contribution in [0.1, 0.15) is 245 Å². The van der Waals surface area contributed by atoms with E-state index in [9.17, 15) is 45.6 Å². The molecular weight excluding hydrogens is 943 g/mol. The Balaban J connectivity index is 1.72. The van der Waals surface area contributed by atoms with Crippen LogP contribution in [0.2, 0.25) is 0 Å². The van der Waals surface area contributed by atoms with E-state index in [1.165, 1.54) is 148 Å². The van der Waals surface area contributed by atoms with Crippen LogP contribution in [-0.2, 0) is 23.7 Å². The lowest BCUT2D eigenvalue weighted by atomic mass is 9.97. The minimum Gasteiger partial charge on any atom is -0.394 e. The number of allylic oxidation sites excluding steroid dienone is 5. The minimum atomic E-state index is -1.79. The first-order valence-electron chi connectivity index (χ1n) is 30.2. The van der Waals surface area contributed by atoms with Gasteiger partial charge in [-0.05, 0) is 44.9 Å². The van der Waals surface area contributed by atoms with Crippen molar-refractivity contribution in [3.8, 4) is 0 Å². The number of hydrogen-bond acceptors (Lipinski definition) is 13. The van der Waals surface area contributed by atoms with Gasteiger partial charge in [-0.3, -0.25) is 4.79 Å². The van der Waals surface area contributed by atoms with E-state index in [1.54, 1.807) is 6.08 Å². The van der Waals surface area contributed by atoms with Gasteiger partial charge in [0.2, 0.25) is 5.91 Å². The van der Waals surface area contributed by atoms with Gasteiger partial charge in [0.15, 0.2) is 12.6 Å². The molecule has 434 valence electrons. The molecular formula is C60H111NO13. The van der Waals surface area contributed by atoms with E-state index < -0.39 is 86.8 Å². The lowest BCUT2D eigenvalue weighted by Crippen LogP contribution is -2.65. The van der Waals surface area contributed by atoms with Crippen LogP contribution in [-0.4, -0.2) is 140 Å². The average Bonchev–Trinajstić information content (AvgIpc) is 3.40. The predicted octanol–water partition coefficient (Wildman–Crippen LogP) is 10.2. The Kier molecular flexibility index (Phi) is 42.6. The molecule has 1 amide bonds. The molecule has 0 aliphatic carbocycles. The summed E-state index contributed by atoms with van der Waals surface area (Å²) in [5.41, 5.74) is 0. The number of rotatable bonds is 48.